The molecular weight excluding hydrogens is 432 g/mol. The number of morpholine rings is 1. The van der Waals surface area contributed by atoms with Crippen LogP contribution in [-0.2, 0) is 16.0 Å². The minimum atomic E-state index is -0.619. The van der Waals surface area contributed by atoms with E-state index in [0.717, 1.165) is 30.9 Å². The molecule has 0 bridgehead atoms. The Labute approximate surface area is 200 Å². The van der Waals surface area contributed by atoms with Crippen LogP contribution in [0.1, 0.15) is 37.1 Å². The van der Waals surface area contributed by atoms with Gasteiger partial charge in [0.1, 0.15) is 17.6 Å². The molecule has 34 heavy (non-hydrogen) atoms. The maximum absolute atomic E-state index is 13.5. The first-order chi connectivity index (χ1) is 16.5. The Morgan fingerprint density at radius 1 is 1.12 bits per heavy atom. The molecule has 5 rings (SSSR count). The van der Waals surface area contributed by atoms with Crippen molar-refractivity contribution >= 4 is 23.7 Å². The number of amidine groups is 1. The van der Waals surface area contributed by atoms with Crippen molar-refractivity contribution in [2.75, 3.05) is 46.4 Å². The van der Waals surface area contributed by atoms with Gasteiger partial charge in [-0.3, -0.25) is 19.5 Å². The third-order valence-electron chi connectivity index (χ3n) is 6.97. The summed E-state index contributed by atoms with van der Waals surface area (Å²) in [6, 6.07) is 7.59. The number of carbonyl (C=O) groups excluding carboxylic acids is 2. The summed E-state index contributed by atoms with van der Waals surface area (Å²) < 4.78 is 9.36. The monoisotopic (exact) mass is 465 g/mol. The van der Waals surface area contributed by atoms with E-state index in [4.69, 9.17) is 9.73 Å². The van der Waals surface area contributed by atoms with Gasteiger partial charge in [0.25, 0.3) is 5.91 Å². The Bertz CT molecular complexity index is 1120. The molecule has 2 aromatic rings. The molecule has 4 heterocycles. The van der Waals surface area contributed by atoms with Crippen LogP contribution in [0.25, 0.3) is 5.69 Å². The zero-order valence-corrected chi connectivity index (χ0v) is 20.2. The van der Waals surface area contributed by atoms with Gasteiger partial charge in [-0.25, -0.2) is 9.36 Å². The molecule has 3 amide bonds. The largest absolute Gasteiger partial charge is 0.406 e. The van der Waals surface area contributed by atoms with Crippen molar-refractivity contribution in [3.63, 3.8) is 0 Å². The van der Waals surface area contributed by atoms with Crippen molar-refractivity contribution in [2.24, 2.45) is 4.99 Å². The first kappa shape index (κ1) is 22.7. The number of carbonyl (C=O) groups is 2. The van der Waals surface area contributed by atoms with Crippen molar-refractivity contribution in [1.82, 2.24) is 19.3 Å². The van der Waals surface area contributed by atoms with Gasteiger partial charge in [0.2, 0.25) is 11.9 Å². The number of fused-ring (bicyclic) bond motifs is 3. The van der Waals surface area contributed by atoms with Gasteiger partial charge in [-0.05, 0) is 37.5 Å². The van der Waals surface area contributed by atoms with Crippen molar-refractivity contribution in [3.05, 3.63) is 41.7 Å². The number of unbranched alkanes of at least 4 members (excludes halogenated alkanes) is 1. The number of aryl methyl sites for hydroxylation is 2. The Kier molecular flexibility index (Phi) is 6.22. The lowest BCUT2D eigenvalue weighted by Gasteiger charge is -2.35. The number of imide groups is 1. The minimum absolute atomic E-state index is 0.217. The van der Waals surface area contributed by atoms with E-state index in [1.165, 1.54) is 28.2 Å². The molecule has 1 aromatic heterocycles. The first-order valence-electron chi connectivity index (χ1n) is 12.2. The van der Waals surface area contributed by atoms with Crippen molar-refractivity contribution in [3.8, 4) is 5.69 Å². The summed E-state index contributed by atoms with van der Waals surface area (Å²) in [5, 5.41) is 0. The summed E-state index contributed by atoms with van der Waals surface area (Å²) in [5.74, 6) is 0.939. The number of benzene rings is 1. The molecule has 0 spiro atoms. The molecule has 2 fully saturated rings. The molecule has 180 valence electrons. The van der Waals surface area contributed by atoms with Gasteiger partial charge >= 0.3 is 12.0 Å². The molecule has 1 atom stereocenters. The second-order valence-corrected chi connectivity index (χ2v) is 9.24. The van der Waals surface area contributed by atoms with E-state index in [-0.39, 0.29) is 11.9 Å². The quantitative estimate of drug-likeness (QED) is 0.588. The molecule has 3 aliphatic heterocycles. The Morgan fingerprint density at radius 2 is 1.85 bits per heavy atom. The number of aliphatic imine (C=N–C) groups is 1. The third-order valence-corrected chi connectivity index (χ3v) is 6.97. The highest BCUT2D eigenvalue weighted by atomic mass is 16.5. The second kappa shape index (κ2) is 9.31. The fraction of sp³-hybridized carbons (Fsp3) is 0.520. The lowest BCUT2D eigenvalue weighted by Crippen LogP contribution is -2.63. The number of amides is 3. The van der Waals surface area contributed by atoms with Gasteiger partial charge in [0, 0.05) is 33.2 Å². The van der Waals surface area contributed by atoms with Gasteiger partial charge in [-0.15, -0.1) is 0 Å². The second-order valence-electron chi connectivity index (χ2n) is 9.24. The van der Waals surface area contributed by atoms with Gasteiger partial charge in [0.15, 0.2) is 0 Å². The number of rotatable bonds is 7. The van der Waals surface area contributed by atoms with E-state index in [9.17, 15) is 9.59 Å². The maximum Gasteiger partial charge on any atom is 0.406 e. The van der Waals surface area contributed by atoms with Crippen LogP contribution in [0.4, 0.5) is 10.7 Å². The van der Waals surface area contributed by atoms with Crippen LogP contribution >= 0.6 is 0 Å². The van der Waals surface area contributed by atoms with Gasteiger partial charge in [-0.1, -0.05) is 30.5 Å². The van der Waals surface area contributed by atoms with Crippen LogP contribution in [-0.4, -0.2) is 83.5 Å². The molecule has 2 saturated heterocycles. The highest BCUT2D eigenvalue weighted by Gasteiger charge is 2.53. The molecule has 9 heteroatoms. The van der Waals surface area contributed by atoms with E-state index in [0.29, 0.717) is 38.1 Å². The van der Waals surface area contributed by atoms with E-state index in [2.05, 4.69) is 40.7 Å². The van der Waals surface area contributed by atoms with Gasteiger partial charge in [-0.2, -0.15) is 4.57 Å². The number of hydrogen-bond acceptors (Lipinski definition) is 5. The highest BCUT2D eigenvalue weighted by molar-refractivity contribution is 6.19. The molecular formula is C25H33N6O3+. The molecule has 0 radical (unpaired) electrons. The molecule has 0 saturated carbocycles. The molecule has 9 nitrogen and oxygen atoms in total. The standard InChI is InChI=1S/C25H33N6O3/c1-4-5-6-19-7-9-20(10-8-19)31-18(2)17-30-21-22(26-24(30)31)27(3)25(33)29(23(21)32)12-11-28-13-15-34-16-14-28/h7-10,17,21H,4-6,11-16H2,1-3H3/q+1. The average Bonchev–Trinajstić information content (AvgIpc) is 3.37. The van der Waals surface area contributed by atoms with Crippen LogP contribution in [0, 0.1) is 6.92 Å². The normalized spacial score (nSPS) is 20.6. The number of hydrogen-bond donors (Lipinski definition) is 0. The smallest absolute Gasteiger partial charge is 0.379 e. The van der Waals surface area contributed by atoms with Gasteiger partial charge < -0.3 is 4.74 Å². The van der Waals surface area contributed by atoms with Crippen LogP contribution in [0.3, 0.4) is 0 Å². The first-order valence-corrected chi connectivity index (χ1v) is 12.2. The summed E-state index contributed by atoms with van der Waals surface area (Å²) >= 11 is 0. The Balaban J connectivity index is 1.41. The third kappa shape index (κ3) is 3.92. The molecule has 0 aliphatic carbocycles. The van der Waals surface area contributed by atoms with E-state index < -0.39 is 6.04 Å². The fourth-order valence-corrected chi connectivity index (χ4v) is 4.97. The SMILES string of the molecule is CCCCc1ccc(-n2c(C)c[n+]3c2N=C2C3C(=O)N(CCN3CCOCC3)C(=O)N2C)cc1. The van der Waals surface area contributed by atoms with Gasteiger partial charge in [0.05, 0.1) is 13.2 Å². The number of nitrogens with zero attached hydrogens (tertiary/aromatic N) is 6. The number of aromatic nitrogens is 2. The van der Waals surface area contributed by atoms with E-state index >= 15 is 0 Å². The van der Waals surface area contributed by atoms with E-state index in [1.54, 1.807) is 7.05 Å². The van der Waals surface area contributed by atoms with E-state index in [1.807, 2.05) is 17.7 Å². The molecule has 3 aliphatic rings. The predicted octanol–water partition coefficient (Wildman–Crippen LogP) is 2.23. The number of ether oxygens (including phenoxy) is 1. The lowest BCUT2D eigenvalue weighted by molar-refractivity contribution is -0.676. The van der Waals surface area contributed by atoms with Crippen LogP contribution in [0.2, 0.25) is 0 Å². The zero-order valence-electron chi connectivity index (χ0n) is 20.2. The zero-order chi connectivity index (χ0) is 23.8. The number of urea groups is 1. The number of likely N-dealkylation sites (N-methyl/N-ethyl adjacent to an activating group) is 1. The molecule has 0 N–H and O–H groups in total. The van der Waals surface area contributed by atoms with Crippen molar-refractivity contribution < 1.29 is 18.9 Å². The van der Waals surface area contributed by atoms with Crippen LogP contribution in [0.15, 0.2) is 35.5 Å². The average molecular weight is 466 g/mol. The fourth-order valence-electron chi connectivity index (χ4n) is 4.97. The van der Waals surface area contributed by atoms with Crippen LogP contribution < -0.4 is 4.57 Å². The van der Waals surface area contributed by atoms with Crippen LogP contribution in [0.5, 0.6) is 0 Å². The van der Waals surface area contributed by atoms with Crippen molar-refractivity contribution in [1.29, 1.82) is 0 Å². The molecule has 1 unspecified atom stereocenters. The lowest BCUT2D eigenvalue weighted by atomic mass is 10.1. The predicted molar refractivity (Wildman–Crippen MR) is 128 cm³/mol. The topological polar surface area (TPSA) is 74.3 Å². The minimum Gasteiger partial charge on any atom is -0.379 e. The summed E-state index contributed by atoms with van der Waals surface area (Å²) in [6.45, 7) is 8.24. The molecule has 1 aromatic carbocycles. The maximum atomic E-state index is 13.5. The summed E-state index contributed by atoms with van der Waals surface area (Å²) in [6.07, 6.45) is 5.38. The summed E-state index contributed by atoms with van der Waals surface area (Å²) in [5.41, 5.74) is 3.31. The van der Waals surface area contributed by atoms with Crippen molar-refractivity contribution in [2.45, 2.75) is 39.2 Å². The highest BCUT2D eigenvalue weighted by Crippen LogP contribution is 2.31. The Morgan fingerprint density at radius 3 is 2.56 bits per heavy atom. The Hall–Kier alpha value is -3.04. The summed E-state index contributed by atoms with van der Waals surface area (Å²) in [7, 11) is 1.70. The summed E-state index contributed by atoms with van der Waals surface area (Å²) in [4.78, 5) is 36.5. The number of imidazole rings is 1.